The van der Waals surface area contributed by atoms with Gasteiger partial charge in [-0.25, -0.2) is 4.79 Å². The van der Waals surface area contributed by atoms with Gasteiger partial charge in [-0.15, -0.1) is 0 Å². The smallest absolute Gasteiger partial charge is 0.331 e. The first-order chi connectivity index (χ1) is 15.0. The van der Waals surface area contributed by atoms with Crippen molar-refractivity contribution in [1.82, 2.24) is 0 Å². The number of phenolic OH excluding ortho intramolecular Hbond substituents is 1. The zero-order valence-electron chi connectivity index (χ0n) is 20.2. The van der Waals surface area contributed by atoms with Crippen LogP contribution in [0.15, 0.2) is 53.7 Å². The Morgan fingerprint density at radius 2 is 1.94 bits per heavy atom. The minimum atomic E-state index is -0.821. The fourth-order valence-electron chi connectivity index (χ4n) is 3.81. The number of rotatable bonds is 11. The van der Waals surface area contributed by atoms with Crippen molar-refractivity contribution >= 4 is 12.0 Å². The first-order valence-corrected chi connectivity index (χ1v) is 11.5. The second-order valence-electron chi connectivity index (χ2n) is 9.38. The van der Waals surface area contributed by atoms with Gasteiger partial charge in [0.25, 0.3) is 0 Å². The number of allylic oxidation sites excluding steroid dienone is 4. The Hall–Kier alpha value is -2.75. The second-order valence-corrected chi connectivity index (χ2v) is 9.38. The zero-order valence-corrected chi connectivity index (χ0v) is 20.2. The molecule has 32 heavy (non-hydrogen) atoms. The van der Waals surface area contributed by atoms with Crippen molar-refractivity contribution in [2.75, 3.05) is 0 Å². The molecule has 0 fully saturated rings. The molecule has 2 atom stereocenters. The Morgan fingerprint density at radius 1 is 1.22 bits per heavy atom. The van der Waals surface area contributed by atoms with Gasteiger partial charge in [0.05, 0.1) is 0 Å². The first kappa shape index (κ1) is 25.5. The van der Waals surface area contributed by atoms with Crippen LogP contribution in [0.2, 0.25) is 0 Å². The van der Waals surface area contributed by atoms with Gasteiger partial charge in [0.1, 0.15) is 17.1 Å². The van der Waals surface area contributed by atoms with Gasteiger partial charge in [-0.2, -0.15) is 0 Å². The molecule has 4 nitrogen and oxygen atoms in total. The SMILES string of the molecule is C=C(C)C(C)CC/C(=C/CC/C(C)=C/CCC1(C)C=Cc2cc(O)cc(C)c2O1)C(=O)O. The lowest BCUT2D eigenvalue weighted by atomic mass is 9.93. The number of carboxylic acids is 1. The number of aromatic hydroxyl groups is 1. The summed E-state index contributed by atoms with van der Waals surface area (Å²) in [6.07, 6.45) is 12.9. The van der Waals surface area contributed by atoms with Gasteiger partial charge < -0.3 is 14.9 Å². The van der Waals surface area contributed by atoms with Crippen LogP contribution in [0.5, 0.6) is 11.5 Å². The summed E-state index contributed by atoms with van der Waals surface area (Å²) in [6.45, 7) is 14.1. The summed E-state index contributed by atoms with van der Waals surface area (Å²) in [5.41, 5.74) is 4.30. The molecule has 0 radical (unpaired) electrons. The highest BCUT2D eigenvalue weighted by Gasteiger charge is 2.27. The van der Waals surface area contributed by atoms with Crippen LogP contribution in [0.25, 0.3) is 6.08 Å². The Kier molecular flexibility index (Phi) is 8.94. The molecule has 0 saturated heterocycles. The highest BCUT2D eigenvalue weighted by molar-refractivity contribution is 5.86. The molecule has 0 spiro atoms. The maximum atomic E-state index is 11.5. The summed E-state index contributed by atoms with van der Waals surface area (Å²) in [4.78, 5) is 11.5. The average molecular weight is 439 g/mol. The van der Waals surface area contributed by atoms with Crippen LogP contribution in [-0.4, -0.2) is 21.8 Å². The van der Waals surface area contributed by atoms with Crippen LogP contribution >= 0.6 is 0 Å². The molecule has 2 N–H and O–H groups in total. The number of fused-ring (bicyclic) bond motifs is 1. The highest BCUT2D eigenvalue weighted by atomic mass is 16.5. The summed E-state index contributed by atoms with van der Waals surface area (Å²) in [5, 5.41) is 19.2. The van der Waals surface area contributed by atoms with E-state index in [-0.39, 0.29) is 11.4 Å². The molecule has 1 aromatic carbocycles. The number of aryl methyl sites for hydroxylation is 1. The van der Waals surface area contributed by atoms with Crippen molar-refractivity contribution in [1.29, 1.82) is 0 Å². The fourth-order valence-corrected chi connectivity index (χ4v) is 3.81. The molecule has 0 bridgehead atoms. The molecule has 1 aliphatic heterocycles. The van der Waals surface area contributed by atoms with Crippen molar-refractivity contribution in [3.05, 3.63) is 64.8 Å². The van der Waals surface area contributed by atoms with Gasteiger partial charge in [0.15, 0.2) is 0 Å². The molecular weight excluding hydrogens is 400 g/mol. The third-order valence-corrected chi connectivity index (χ3v) is 6.26. The fraction of sp³-hybridized carbons (Fsp3) is 0.464. The second kappa shape index (κ2) is 11.2. The molecule has 0 aliphatic carbocycles. The topological polar surface area (TPSA) is 66.8 Å². The molecule has 1 aliphatic rings. The van der Waals surface area contributed by atoms with Crippen molar-refractivity contribution in [3.63, 3.8) is 0 Å². The van der Waals surface area contributed by atoms with Gasteiger partial charge in [-0.3, -0.25) is 0 Å². The van der Waals surface area contributed by atoms with Gasteiger partial charge in [-0.1, -0.05) is 42.9 Å². The van der Waals surface area contributed by atoms with Crippen LogP contribution in [-0.2, 0) is 4.79 Å². The number of phenols is 1. The predicted octanol–water partition coefficient (Wildman–Crippen LogP) is 7.38. The van der Waals surface area contributed by atoms with Crippen molar-refractivity contribution < 1.29 is 19.7 Å². The maximum Gasteiger partial charge on any atom is 0.331 e. The van der Waals surface area contributed by atoms with Crippen LogP contribution in [0.3, 0.4) is 0 Å². The quantitative estimate of drug-likeness (QED) is 0.279. The van der Waals surface area contributed by atoms with Gasteiger partial charge in [0.2, 0.25) is 0 Å². The Bertz CT molecular complexity index is 935. The van der Waals surface area contributed by atoms with E-state index in [9.17, 15) is 15.0 Å². The third kappa shape index (κ3) is 7.44. The molecular formula is C28H38O4. The zero-order chi connectivity index (χ0) is 23.9. The van der Waals surface area contributed by atoms with Gasteiger partial charge in [0, 0.05) is 11.1 Å². The lowest BCUT2D eigenvalue weighted by molar-refractivity contribution is -0.132. The Balaban J connectivity index is 1.87. The summed E-state index contributed by atoms with van der Waals surface area (Å²) in [6, 6.07) is 3.45. The molecule has 1 heterocycles. The molecule has 0 aromatic heterocycles. The summed E-state index contributed by atoms with van der Waals surface area (Å²) < 4.78 is 6.28. The molecule has 4 heteroatoms. The number of ether oxygens (including phenoxy) is 1. The standard InChI is InChI=1S/C28H38O4/c1-19(2)21(4)12-13-23(27(30)31)11-7-9-20(3)10-8-15-28(6)16-14-24-18-25(29)17-22(5)26(24)32-28/h10-11,14,16-18,21,29H,1,7-9,12-13,15H2,2-6H3,(H,30,31)/b20-10+,23-11-. The minimum Gasteiger partial charge on any atom is -0.508 e. The minimum absolute atomic E-state index is 0.252. The number of hydrogen-bond acceptors (Lipinski definition) is 3. The summed E-state index contributed by atoms with van der Waals surface area (Å²) in [7, 11) is 0. The van der Waals surface area contributed by atoms with Crippen LogP contribution < -0.4 is 4.74 Å². The lowest BCUT2D eigenvalue weighted by Crippen LogP contribution is -2.32. The molecule has 0 amide bonds. The largest absolute Gasteiger partial charge is 0.508 e. The van der Waals surface area contributed by atoms with E-state index in [1.807, 2.05) is 26.0 Å². The predicted molar refractivity (Wildman–Crippen MR) is 132 cm³/mol. The van der Waals surface area contributed by atoms with E-state index >= 15 is 0 Å². The molecule has 2 rings (SSSR count). The number of carboxylic acid groups (broad SMARTS) is 1. The third-order valence-electron chi connectivity index (χ3n) is 6.26. The summed E-state index contributed by atoms with van der Waals surface area (Å²) >= 11 is 0. The lowest BCUT2D eigenvalue weighted by Gasteiger charge is -2.32. The molecule has 0 saturated carbocycles. The van der Waals surface area contributed by atoms with Gasteiger partial charge >= 0.3 is 5.97 Å². The average Bonchev–Trinajstić information content (AvgIpc) is 2.70. The van der Waals surface area contributed by atoms with Crippen molar-refractivity contribution in [2.45, 2.75) is 78.7 Å². The molecule has 174 valence electrons. The maximum absolute atomic E-state index is 11.5. The number of aliphatic carboxylic acids is 1. The molecule has 2 unspecified atom stereocenters. The monoisotopic (exact) mass is 438 g/mol. The van der Waals surface area contributed by atoms with E-state index in [0.717, 1.165) is 54.6 Å². The van der Waals surface area contributed by atoms with E-state index < -0.39 is 5.97 Å². The normalized spacial score (nSPS) is 19.3. The Morgan fingerprint density at radius 3 is 2.59 bits per heavy atom. The van der Waals surface area contributed by atoms with Crippen LogP contribution in [0, 0.1) is 12.8 Å². The van der Waals surface area contributed by atoms with E-state index in [2.05, 4.69) is 39.5 Å². The van der Waals surface area contributed by atoms with E-state index in [1.165, 1.54) is 5.57 Å². The number of benzene rings is 1. The first-order valence-electron chi connectivity index (χ1n) is 11.5. The highest BCUT2D eigenvalue weighted by Crippen LogP contribution is 2.38. The van der Waals surface area contributed by atoms with E-state index in [0.29, 0.717) is 17.9 Å². The van der Waals surface area contributed by atoms with Crippen molar-refractivity contribution in [3.8, 4) is 11.5 Å². The van der Waals surface area contributed by atoms with Gasteiger partial charge in [-0.05, 0) is 95.9 Å². The summed E-state index contributed by atoms with van der Waals surface area (Å²) in [5.74, 6) is 0.597. The van der Waals surface area contributed by atoms with E-state index in [1.54, 1.807) is 12.1 Å². The Labute approximate surface area is 193 Å². The van der Waals surface area contributed by atoms with Crippen LogP contribution in [0.4, 0.5) is 0 Å². The van der Waals surface area contributed by atoms with Crippen molar-refractivity contribution in [2.24, 2.45) is 5.92 Å². The molecule has 1 aromatic rings. The van der Waals surface area contributed by atoms with Crippen LogP contribution in [0.1, 0.15) is 77.3 Å². The number of hydrogen-bond donors (Lipinski definition) is 2. The number of carbonyl (C=O) groups is 1. The van der Waals surface area contributed by atoms with E-state index in [4.69, 9.17) is 4.74 Å².